The summed E-state index contributed by atoms with van der Waals surface area (Å²) in [4.78, 5) is 31.6. The molecule has 162 valence electrons. The van der Waals surface area contributed by atoms with Crippen LogP contribution < -0.4 is 15.5 Å². The molecule has 10 nitrogen and oxygen atoms in total. The van der Waals surface area contributed by atoms with Crippen LogP contribution in [0.15, 0.2) is 18.5 Å². The van der Waals surface area contributed by atoms with Gasteiger partial charge in [-0.05, 0) is 38.0 Å². The number of aromatic nitrogens is 6. The molecule has 1 aliphatic heterocycles. The number of carbonyl (C=O) groups is 1. The summed E-state index contributed by atoms with van der Waals surface area (Å²) in [5, 5.41) is 13.7. The van der Waals surface area contributed by atoms with Gasteiger partial charge in [-0.3, -0.25) is 15.2 Å². The van der Waals surface area contributed by atoms with Crippen molar-refractivity contribution in [2.45, 2.75) is 57.9 Å². The summed E-state index contributed by atoms with van der Waals surface area (Å²) in [5.41, 5.74) is 3.28. The number of nitrogens with one attached hydrogen (secondary N) is 4. The van der Waals surface area contributed by atoms with E-state index >= 15 is 0 Å². The first-order valence-corrected chi connectivity index (χ1v) is 10.9. The van der Waals surface area contributed by atoms with Crippen LogP contribution in [0.3, 0.4) is 0 Å². The summed E-state index contributed by atoms with van der Waals surface area (Å²) in [7, 11) is 0. The molecule has 5 rings (SSSR count). The van der Waals surface area contributed by atoms with Crippen molar-refractivity contribution in [2.75, 3.05) is 22.1 Å². The lowest BCUT2D eigenvalue weighted by Gasteiger charge is -2.24. The van der Waals surface area contributed by atoms with Gasteiger partial charge in [-0.2, -0.15) is 10.1 Å². The molecule has 1 fully saturated rings. The van der Waals surface area contributed by atoms with E-state index in [1.54, 1.807) is 12.4 Å². The fourth-order valence-electron chi connectivity index (χ4n) is 4.28. The number of anilines is 4. The van der Waals surface area contributed by atoms with E-state index in [9.17, 15) is 4.79 Å². The lowest BCUT2D eigenvalue weighted by atomic mass is 10.1. The van der Waals surface area contributed by atoms with E-state index in [1.807, 2.05) is 11.0 Å². The zero-order valence-electron chi connectivity index (χ0n) is 17.8. The van der Waals surface area contributed by atoms with E-state index < -0.39 is 0 Å². The number of nitrogens with zero attached hydrogens (tertiary/aromatic N) is 5. The molecule has 0 bridgehead atoms. The van der Waals surface area contributed by atoms with Crippen LogP contribution >= 0.6 is 0 Å². The van der Waals surface area contributed by atoms with Crippen LogP contribution in [0, 0.1) is 0 Å². The molecule has 4 N–H and O–H groups in total. The van der Waals surface area contributed by atoms with Crippen molar-refractivity contribution in [3.63, 3.8) is 0 Å². The summed E-state index contributed by atoms with van der Waals surface area (Å²) >= 11 is 0. The molecular weight excluding hydrogens is 394 g/mol. The normalized spacial score (nSPS) is 17.9. The van der Waals surface area contributed by atoms with Crippen LogP contribution in [-0.4, -0.2) is 48.6 Å². The predicted octanol–water partition coefficient (Wildman–Crippen LogP) is 2.89. The second-order valence-electron chi connectivity index (χ2n) is 8.42. The first kappa shape index (κ1) is 19.5. The predicted molar refractivity (Wildman–Crippen MR) is 118 cm³/mol. The van der Waals surface area contributed by atoms with Crippen molar-refractivity contribution in [3.05, 3.63) is 35.4 Å². The first-order valence-electron chi connectivity index (χ1n) is 10.9. The smallest absolute Gasteiger partial charge is 0.249 e. The molecule has 4 heterocycles. The van der Waals surface area contributed by atoms with E-state index in [4.69, 9.17) is 9.97 Å². The van der Waals surface area contributed by atoms with E-state index in [1.165, 1.54) is 0 Å². The van der Waals surface area contributed by atoms with Crippen LogP contribution in [0.4, 0.5) is 23.5 Å². The Morgan fingerprint density at radius 1 is 1.26 bits per heavy atom. The maximum absolute atomic E-state index is 12.9. The fourth-order valence-corrected chi connectivity index (χ4v) is 4.28. The van der Waals surface area contributed by atoms with Crippen LogP contribution in [0.2, 0.25) is 0 Å². The molecule has 1 saturated heterocycles. The Bertz CT molecular complexity index is 1070. The third-order valence-electron chi connectivity index (χ3n) is 5.94. The second-order valence-corrected chi connectivity index (χ2v) is 8.42. The van der Waals surface area contributed by atoms with E-state index in [0.29, 0.717) is 17.8 Å². The number of hydrogen-bond donors (Lipinski definition) is 4. The molecule has 3 aromatic rings. The Kier molecular flexibility index (Phi) is 5.05. The molecule has 1 amide bonds. The van der Waals surface area contributed by atoms with E-state index in [0.717, 1.165) is 67.2 Å². The van der Waals surface area contributed by atoms with Gasteiger partial charge >= 0.3 is 0 Å². The van der Waals surface area contributed by atoms with Crippen molar-refractivity contribution >= 4 is 29.4 Å². The summed E-state index contributed by atoms with van der Waals surface area (Å²) in [5.74, 6) is 2.86. The third-order valence-corrected chi connectivity index (χ3v) is 5.94. The highest BCUT2D eigenvalue weighted by Crippen LogP contribution is 2.32. The second kappa shape index (κ2) is 8.01. The lowest BCUT2D eigenvalue weighted by molar-refractivity contribution is -0.117. The van der Waals surface area contributed by atoms with Gasteiger partial charge in [-0.25, -0.2) is 9.97 Å². The first-order chi connectivity index (χ1) is 15.1. The number of amides is 1. The van der Waals surface area contributed by atoms with Gasteiger partial charge in [0.25, 0.3) is 0 Å². The molecule has 31 heavy (non-hydrogen) atoms. The maximum atomic E-state index is 12.9. The van der Waals surface area contributed by atoms with Gasteiger partial charge in [-0.15, -0.1) is 0 Å². The Labute approximate surface area is 180 Å². The van der Waals surface area contributed by atoms with E-state index in [-0.39, 0.29) is 11.9 Å². The highest BCUT2D eigenvalue weighted by Gasteiger charge is 2.34. The molecule has 0 unspecified atom stereocenters. The summed E-state index contributed by atoms with van der Waals surface area (Å²) in [6.07, 6.45) is 7.90. The lowest BCUT2D eigenvalue weighted by Crippen LogP contribution is -2.41. The number of aromatic amines is 2. The molecule has 1 aliphatic carbocycles. The van der Waals surface area contributed by atoms with Crippen LogP contribution in [0.1, 0.15) is 56.0 Å². The third kappa shape index (κ3) is 3.85. The van der Waals surface area contributed by atoms with Gasteiger partial charge in [0.05, 0.1) is 5.69 Å². The Morgan fingerprint density at radius 2 is 2.16 bits per heavy atom. The summed E-state index contributed by atoms with van der Waals surface area (Å²) in [6.45, 7) is 4.99. The molecule has 10 heteroatoms. The number of rotatable bonds is 6. The summed E-state index contributed by atoms with van der Waals surface area (Å²) < 4.78 is 0. The minimum atomic E-state index is -0.324. The minimum Gasteiger partial charge on any atom is -0.331 e. The van der Waals surface area contributed by atoms with Crippen LogP contribution in [0.5, 0.6) is 0 Å². The van der Waals surface area contributed by atoms with Gasteiger partial charge in [-0.1, -0.05) is 13.8 Å². The molecular formula is C21H27N9O. The SMILES string of the molecule is CC(C)c1cc(Nc2nc(N3CCC[C@@H]3C(=O)Nc3ncc[nH]3)nc3c2CCC3)n[nH]1. The van der Waals surface area contributed by atoms with Crippen molar-refractivity contribution < 1.29 is 4.79 Å². The number of fused-ring (bicyclic) bond motifs is 1. The molecule has 0 aromatic carbocycles. The Balaban J connectivity index is 1.42. The number of imidazole rings is 1. The van der Waals surface area contributed by atoms with Crippen molar-refractivity contribution in [1.29, 1.82) is 0 Å². The highest BCUT2D eigenvalue weighted by atomic mass is 16.2. The van der Waals surface area contributed by atoms with Gasteiger partial charge in [0, 0.05) is 36.3 Å². The zero-order chi connectivity index (χ0) is 21.4. The standard InChI is InChI=1S/C21H27N9O/c1-12(2)15-11-17(29-28-15)25-18-13-5-3-6-14(13)24-21(26-18)30-10-4-7-16(30)19(31)27-20-22-8-9-23-20/h8-9,11-12,16H,3-7,10H2,1-2H3,(H2,22,23,27,31)(H2,24,25,26,28,29)/t16-/m1/s1. The number of H-pyrrole nitrogens is 2. The van der Waals surface area contributed by atoms with Gasteiger partial charge < -0.3 is 15.2 Å². The van der Waals surface area contributed by atoms with Crippen molar-refractivity contribution in [2.24, 2.45) is 0 Å². The largest absolute Gasteiger partial charge is 0.331 e. The number of aryl methyl sites for hydroxylation is 1. The van der Waals surface area contributed by atoms with Crippen molar-refractivity contribution in [3.8, 4) is 0 Å². The monoisotopic (exact) mass is 421 g/mol. The molecule has 0 saturated carbocycles. The molecule has 0 spiro atoms. The quantitative estimate of drug-likeness (QED) is 0.482. The fraction of sp³-hybridized carbons (Fsp3) is 0.476. The number of carbonyl (C=O) groups excluding carboxylic acids is 1. The topological polar surface area (TPSA) is 128 Å². The van der Waals surface area contributed by atoms with Crippen LogP contribution in [-0.2, 0) is 17.6 Å². The zero-order valence-corrected chi connectivity index (χ0v) is 17.8. The average molecular weight is 422 g/mol. The molecule has 3 aromatic heterocycles. The van der Waals surface area contributed by atoms with Gasteiger partial charge in [0.15, 0.2) is 5.82 Å². The Morgan fingerprint density at radius 3 is 2.94 bits per heavy atom. The summed E-state index contributed by atoms with van der Waals surface area (Å²) in [6, 6.07) is 1.69. The van der Waals surface area contributed by atoms with Gasteiger partial charge in [0.2, 0.25) is 17.8 Å². The maximum Gasteiger partial charge on any atom is 0.249 e. The number of hydrogen-bond acceptors (Lipinski definition) is 7. The molecule has 1 atom stereocenters. The van der Waals surface area contributed by atoms with Crippen LogP contribution in [0.25, 0.3) is 0 Å². The van der Waals surface area contributed by atoms with Gasteiger partial charge in [0.1, 0.15) is 11.9 Å². The molecule has 0 radical (unpaired) electrons. The van der Waals surface area contributed by atoms with Crippen molar-refractivity contribution in [1.82, 2.24) is 30.1 Å². The highest BCUT2D eigenvalue weighted by molar-refractivity contribution is 5.95. The minimum absolute atomic E-state index is 0.0973. The average Bonchev–Trinajstić information content (AvgIpc) is 3.53. The molecule has 2 aliphatic rings. The Hall–Kier alpha value is -3.43. The van der Waals surface area contributed by atoms with E-state index in [2.05, 4.69) is 44.6 Å².